The minimum atomic E-state index is -1.11. The molecule has 1 aliphatic rings. The highest BCUT2D eigenvalue weighted by Crippen LogP contribution is 2.18. The molecule has 0 aliphatic carbocycles. The number of hydrogen-bond donors (Lipinski definition) is 4. The first-order chi connectivity index (χ1) is 5.15. The van der Waals surface area contributed by atoms with E-state index in [0.29, 0.717) is 0 Å². The maximum atomic E-state index is 9.11. The van der Waals surface area contributed by atoms with Gasteiger partial charge in [0.05, 0.1) is 12.7 Å². The molecule has 4 N–H and O–H groups in total. The Balaban J connectivity index is 2.51. The summed E-state index contributed by atoms with van der Waals surface area (Å²) in [5, 5.41) is 35.6. The van der Waals surface area contributed by atoms with Crippen LogP contribution in [0.2, 0.25) is 0 Å². The lowest BCUT2D eigenvalue weighted by atomic mass is 10.0. The number of rotatable bonds is 1. The quantitative estimate of drug-likeness (QED) is 0.353. The van der Waals surface area contributed by atoms with Crippen molar-refractivity contribution in [3.8, 4) is 0 Å². The van der Waals surface area contributed by atoms with Crippen molar-refractivity contribution in [2.75, 3.05) is 6.61 Å². The molecule has 0 aromatic carbocycles. The number of ether oxygens (including phenoxy) is 1. The largest absolute Gasteiger partial charge is 0.394 e. The van der Waals surface area contributed by atoms with Gasteiger partial charge in [-0.05, 0) is 0 Å². The van der Waals surface area contributed by atoms with Gasteiger partial charge in [-0.15, -0.1) is 0 Å². The molecule has 66 valence electrons. The Morgan fingerprint density at radius 1 is 1.27 bits per heavy atom. The zero-order valence-electron chi connectivity index (χ0n) is 5.92. The highest BCUT2D eigenvalue weighted by Gasteiger charge is 2.35. The second-order valence-electron chi connectivity index (χ2n) is 2.61. The summed E-state index contributed by atoms with van der Waals surface area (Å²) < 4.78 is 4.71. The van der Waals surface area contributed by atoms with Gasteiger partial charge in [0.15, 0.2) is 6.29 Å². The molecule has 1 aliphatic heterocycles. The first kappa shape index (κ1) is 8.89. The molecule has 5 heteroatoms. The van der Waals surface area contributed by atoms with Crippen molar-refractivity contribution >= 4 is 0 Å². The smallest absolute Gasteiger partial charge is 0.157 e. The fourth-order valence-corrected chi connectivity index (χ4v) is 1.08. The average Bonchev–Trinajstić information content (AvgIpc) is 1.96. The Kier molecular flexibility index (Phi) is 2.80. The highest BCUT2D eigenvalue weighted by atomic mass is 16.6. The van der Waals surface area contributed by atoms with Gasteiger partial charge in [-0.1, -0.05) is 0 Å². The summed E-state index contributed by atoms with van der Waals surface area (Å²) in [5.74, 6) is 0. The van der Waals surface area contributed by atoms with Crippen molar-refractivity contribution < 1.29 is 25.2 Å². The fraction of sp³-hybridized carbons (Fsp3) is 1.00. The monoisotopic (exact) mass is 164 g/mol. The van der Waals surface area contributed by atoms with Gasteiger partial charge in [-0.25, -0.2) is 0 Å². The van der Waals surface area contributed by atoms with Crippen LogP contribution in [-0.4, -0.2) is 51.6 Å². The van der Waals surface area contributed by atoms with Crippen molar-refractivity contribution in [2.24, 2.45) is 0 Å². The molecule has 0 aromatic heterocycles. The number of aliphatic hydroxyl groups is 4. The third-order valence-electron chi connectivity index (χ3n) is 1.73. The summed E-state index contributed by atoms with van der Waals surface area (Å²) in [6.45, 7) is -0.407. The molecular weight excluding hydrogens is 152 g/mol. The van der Waals surface area contributed by atoms with Crippen LogP contribution in [0.1, 0.15) is 6.42 Å². The highest BCUT2D eigenvalue weighted by molar-refractivity contribution is 4.81. The van der Waals surface area contributed by atoms with E-state index in [9.17, 15) is 0 Å². The molecule has 0 amide bonds. The maximum absolute atomic E-state index is 9.11. The zero-order chi connectivity index (χ0) is 8.43. The molecule has 5 nitrogen and oxygen atoms in total. The zero-order valence-corrected chi connectivity index (χ0v) is 5.92. The van der Waals surface area contributed by atoms with Gasteiger partial charge in [0, 0.05) is 6.42 Å². The van der Waals surface area contributed by atoms with E-state index in [4.69, 9.17) is 25.2 Å². The molecule has 0 spiro atoms. The van der Waals surface area contributed by atoms with Gasteiger partial charge in [0.1, 0.15) is 12.2 Å². The molecular formula is C6H12O5. The minimum absolute atomic E-state index is 0.0162. The Morgan fingerprint density at radius 3 is 2.45 bits per heavy atom. The van der Waals surface area contributed by atoms with E-state index in [-0.39, 0.29) is 6.42 Å². The van der Waals surface area contributed by atoms with Crippen molar-refractivity contribution in [3.05, 3.63) is 0 Å². The number of hydrogen-bond acceptors (Lipinski definition) is 5. The second-order valence-corrected chi connectivity index (χ2v) is 2.61. The summed E-state index contributed by atoms with van der Waals surface area (Å²) in [4.78, 5) is 0. The Hall–Kier alpha value is -0.200. The molecule has 1 heterocycles. The SMILES string of the molecule is OC[C@@H]1O[C@H](O)C[C@@H](O)[C@H]1O. The third-order valence-corrected chi connectivity index (χ3v) is 1.73. The van der Waals surface area contributed by atoms with E-state index < -0.39 is 31.2 Å². The summed E-state index contributed by atoms with van der Waals surface area (Å²) in [6.07, 6.45) is -4.11. The molecule has 1 saturated heterocycles. The molecule has 0 saturated carbocycles. The molecule has 0 aromatic rings. The molecule has 11 heavy (non-hydrogen) atoms. The van der Waals surface area contributed by atoms with E-state index >= 15 is 0 Å². The molecule has 0 bridgehead atoms. The van der Waals surface area contributed by atoms with Crippen LogP contribution in [0.25, 0.3) is 0 Å². The maximum Gasteiger partial charge on any atom is 0.157 e. The average molecular weight is 164 g/mol. The van der Waals surface area contributed by atoms with E-state index in [0.717, 1.165) is 0 Å². The summed E-state index contributed by atoms with van der Waals surface area (Å²) in [6, 6.07) is 0. The van der Waals surface area contributed by atoms with Gasteiger partial charge in [0.2, 0.25) is 0 Å². The van der Waals surface area contributed by atoms with Crippen molar-refractivity contribution in [2.45, 2.75) is 31.0 Å². The lowest BCUT2D eigenvalue weighted by Gasteiger charge is -2.33. The van der Waals surface area contributed by atoms with Crippen LogP contribution in [0.3, 0.4) is 0 Å². The second kappa shape index (κ2) is 3.46. The molecule has 4 atom stereocenters. The van der Waals surface area contributed by atoms with Gasteiger partial charge in [-0.3, -0.25) is 0 Å². The van der Waals surface area contributed by atoms with Gasteiger partial charge >= 0.3 is 0 Å². The summed E-state index contributed by atoms with van der Waals surface area (Å²) >= 11 is 0. The van der Waals surface area contributed by atoms with Crippen LogP contribution in [0.4, 0.5) is 0 Å². The fourth-order valence-electron chi connectivity index (χ4n) is 1.08. The lowest BCUT2D eigenvalue weighted by molar-refractivity contribution is -0.239. The third kappa shape index (κ3) is 1.88. The Labute approximate surface area is 63.8 Å². The van der Waals surface area contributed by atoms with Crippen LogP contribution in [0.15, 0.2) is 0 Å². The van der Waals surface area contributed by atoms with Crippen LogP contribution in [0.5, 0.6) is 0 Å². The topological polar surface area (TPSA) is 90.2 Å². The lowest BCUT2D eigenvalue weighted by Crippen LogP contribution is -2.49. The standard InChI is InChI=1S/C6H12O5/c7-2-4-6(10)3(8)1-5(9)11-4/h3-10H,1-2H2/t3-,4+,5+,6-/m1/s1. The van der Waals surface area contributed by atoms with E-state index in [2.05, 4.69) is 0 Å². The van der Waals surface area contributed by atoms with E-state index in [1.165, 1.54) is 0 Å². The van der Waals surface area contributed by atoms with Gasteiger partial charge < -0.3 is 25.2 Å². The summed E-state index contributed by atoms with van der Waals surface area (Å²) in [7, 11) is 0. The predicted molar refractivity (Wildman–Crippen MR) is 34.6 cm³/mol. The molecule has 1 rings (SSSR count). The summed E-state index contributed by atoms with van der Waals surface area (Å²) in [5.41, 5.74) is 0. The molecule has 0 radical (unpaired) electrons. The van der Waals surface area contributed by atoms with Gasteiger partial charge in [-0.2, -0.15) is 0 Å². The van der Waals surface area contributed by atoms with Crippen molar-refractivity contribution in [3.63, 3.8) is 0 Å². The van der Waals surface area contributed by atoms with Crippen LogP contribution < -0.4 is 0 Å². The van der Waals surface area contributed by atoms with Crippen LogP contribution in [0, 0.1) is 0 Å². The van der Waals surface area contributed by atoms with Crippen molar-refractivity contribution in [1.82, 2.24) is 0 Å². The first-order valence-electron chi connectivity index (χ1n) is 3.45. The minimum Gasteiger partial charge on any atom is -0.394 e. The van der Waals surface area contributed by atoms with E-state index in [1.807, 2.05) is 0 Å². The van der Waals surface area contributed by atoms with Crippen molar-refractivity contribution in [1.29, 1.82) is 0 Å². The predicted octanol–water partition coefficient (Wildman–Crippen LogP) is -2.19. The molecule has 1 fully saturated rings. The van der Waals surface area contributed by atoms with Crippen LogP contribution in [-0.2, 0) is 4.74 Å². The number of aliphatic hydroxyl groups excluding tert-OH is 4. The first-order valence-corrected chi connectivity index (χ1v) is 3.45. The normalized spacial score (nSPS) is 45.8. The Morgan fingerprint density at radius 2 is 1.91 bits per heavy atom. The molecule has 0 unspecified atom stereocenters. The van der Waals surface area contributed by atoms with Crippen LogP contribution >= 0.6 is 0 Å². The van der Waals surface area contributed by atoms with Gasteiger partial charge in [0.25, 0.3) is 0 Å². The Bertz CT molecular complexity index is 128. The van der Waals surface area contributed by atoms with E-state index in [1.54, 1.807) is 0 Å².